The number of sulfonamides is 1. The van der Waals surface area contributed by atoms with Gasteiger partial charge in [0.2, 0.25) is 5.91 Å². The lowest BCUT2D eigenvalue weighted by Gasteiger charge is -2.23. The van der Waals surface area contributed by atoms with Gasteiger partial charge in [-0.1, -0.05) is 0 Å². The number of benzene rings is 1. The van der Waals surface area contributed by atoms with Gasteiger partial charge in [-0.05, 0) is 54.4 Å². The van der Waals surface area contributed by atoms with Gasteiger partial charge in [0.15, 0.2) is 11.7 Å². The number of aliphatic imine (C=N–C) groups is 1. The van der Waals surface area contributed by atoms with E-state index in [4.69, 9.17) is 4.74 Å². The number of anilines is 2. The molecule has 1 unspecified atom stereocenters. The first-order valence-corrected chi connectivity index (χ1v) is 14.2. The summed E-state index contributed by atoms with van der Waals surface area (Å²) >= 11 is 0.959. The fourth-order valence-electron chi connectivity index (χ4n) is 2.92. The van der Waals surface area contributed by atoms with Crippen molar-refractivity contribution in [1.82, 2.24) is 15.6 Å². The van der Waals surface area contributed by atoms with Crippen LogP contribution in [-0.4, -0.2) is 63.1 Å². The fourth-order valence-corrected chi connectivity index (χ4v) is 6.97. The summed E-state index contributed by atoms with van der Waals surface area (Å²) in [4.78, 5) is 32.4. The Kier molecular flexibility index (Phi) is 8.29. The van der Waals surface area contributed by atoms with Crippen molar-refractivity contribution in [2.45, 2.75) is 31.3 Å². The molecule has 0 fully saturated rings. The highest BCUT2D eigenvalue weighted by Gasteiger charge is 2.32. The van der Waals surface area contributed by atoms with Crippen molar-refractivity contribution in [1.29, 1.82) is 0 Å². The molecule has 190 valence electrons. The molecular formula is C20H26FN6O5PS2. The van der Waals surface area contributed by atoms with Gasteiger partial charge in [0.05, 0.1) is 29.2 Å². The van der Waals surface area contributed by atoms with Crippen LogP contribution < -0.4 is 20.0 Å². The molecule has 3 rings (SSSR count). The van der Waals surface area contributed by atoms with Crippen LogP contribution >= 0.6 is 20.1 Å². The molecule has 3 N–H and O–H groups in total. The summed E-state index contributed by atoms with van der Waals surface area (Å²) in [5, 5.41) is 8.20. The second-order valence-electron chi connectivity index (χ2n) is 8.20. The molecule has 0 radical (unpaired) electrons. The maximum absolute atomic E-state index is 14.7. The minimum Gasteiger partial charge on any atom is -0.455 e. The van der Waals surface area contributed by atoms with Crippen LogP contribution in [0.1, 0.15) is 31.3 Å². The zero-order valence-electron chi connectivity index (χ0n) is 19.5. The van der Waals surface area contributed by atoms with E-state index in [0.717, 1.165) is 21.5 Å². The number of nitrogens with zero attached hydrogens (tertiary/aromatic N) is 3. The van der Waals surface area contributed by atoms with Crippen LogP contribution in [0.5, 0.6) is 0 Å². The van der Waals surface area contributed by atoms with Gasteiger partial charge in [0.1, 0.15) is 16.4 Å². The monoisotopic (exact) mass is 544 g/mol. The molecule has 2 aromatic rings. The smallest absolute Gasteiger partial charge is 0.360 e. The number of aromatic nitrogens is 1. The molecule has 2 heterocycles. The number of hydrogen-bond acceptors (Lipinski definition) is 10. The number of ether oxygens (including phenoxy) is 1. The van der Waals surface area contributed by atoms with Crippen LogP contribution in [-0.2, 0) is 19.6 Å². The molecule has 1 aromatic carbocycles. The average molecular weight is 545 g/mol. The van der Waals surface area contributed by atoms with Gasteiger partial charge in [-0.3, -0.25) is 9.79 Å². The third-order valence-electron chi connectivity index (χ3n) is 4.37. The highest BCUT2D eigenvalue weighted by molar-refractivity contribution is 7.98. The summed E-state index contributed by atoms with van der Waals surface area (Å²) in [5.41, 5.74) is 0.240. The number of hydrogen-bond donors (Lipinski definition) is 3. The topological polar surface area (TPSA) is 142 Å². The second kappa shape index (κ2) is 10.8. The van der Waals surface area contributed by atoms with Crippen molar-refractivity contribution in [3.63, 3.8) is 0 Å². The van der Waals surface area contributed by atoms with Crippen LogP contribution in [0.15, 0.2) is 33.6 Å². The lowest BCUT2D eigenvalue weighted by molar-refractivity contribution is -0.115. The van der Waals surface area contributed by atoms with E-state index in [0.29, 0.717) is 19.0 Å². The number of amides is 1. The van der Waals surface area contributed by atoms with Crippen LogP contribution in [0.3, 0.4) is 0 Å². The summed E-state index contributed by atoms with van der Waals surface area (Å²) in [5.74, 6) is -1.73. The predicted octanol–water partition coefficient (Wildman–Crippen LogP) is 2.14. The quantitative estimate of drug-likeness (QED) is 0.339. The average Bonchev–Trinajstić information content (AvgIpc) is 3.45. The van der Waals surface area contributed by atoms with E-state index in [-0.39, 0.29) is 36.6 Å². The lowest BCUT2D eigenvalue weighted by Crippen LogP contribution is -2.39. The first kappa shape index (κ1) is 26.8. The van der Waals surface area contributed by atoms with Gasteiger partial charge in [0.25, 0.3) is 10.0 Å². The van der Waals surface area contributed by atoms with Gasteiger partial charge in [-0.15, -0.1) is 11.3 Å². The van der Waals surface area contributed by atoms with E-state index in [9.17, 15) is 22.4 Å². The molecule has 0 aliphatic carbocycles. The predicted molar refractivity (Wildman–Crippen MR) is 135 cm³/mol. The third kappa shape index (κ3) is 6.65. The molecule has 15 heteroatoms. The highest BCUT2D eigenvalue weighted by Crippen LogP contribution is 2.38. The largest absolute Gasteiger partial charge is 0.455 e. The molecule has 1 amide bonds. The van der Waals surface area contributed by atoms with Crippen LogP contribution in [0, 0.1) is 5.82 Å². The van der Waals surface area contributed by atoms with E-state index >= 15 is 0 Å². The Balaban J connectivity index is 1.79. The normalized spacial score (nSPS) is 13.9. The Morgan fingerprint density at radius 2 is 2.09 bits per heavy atom. The zero-order chi connectivity index (χ0) is 25.8. The Labute approximate surface area is 208 Å². The van der Waals surface area contributed by atoms with E-state index in [1.165, 1.54) is 17.6 Å². The van der Waals surface area contributed by atoms with Gasteiger partial charge in [-0.25, -0.2) is 26.7 Å². The molecule has 1 aliphatic rings. The Morgan fingerprint density at radius 3 is 2.69 bits per heavy atom. The molecule has 0 bridgehead atoms. The van der Waals surface area contributed by atoms with Gasteiger partial charge in [0, 0.05) is 6.54 Å². The Hall–Kier alpha value is -2.83. The minimum absolute atomic E-state index is 0.0763. The van der Waals surface area contributed by atoms with Crippen molar-refractivity contribution in [2.75, 3.05) is 35.7 Å². The summed E-state index contributed by atoms with van der Waals surface area (Å²) in [6.45, 7) is 7.80. The summed E-state index contributed by atoms with van der Waals surface area (Å²) < 4.78 is 47.7. The van der Waals surface area contributed by atoms with Gasteiger partial charge in [-0.2, -0.15) is 0 Å². The first-order chi connectivity index (χ1) is 16.4. The standard InChI is InChI=1S/C20H26FN6O5PS2/c1-20(2,3)32-18(29)16-17(34-11-25-16)27(33-4)35(30,31)12-5-6-14(13(21)9-12)26-15(28)10-24-19-22-7-8-23-19/h5-6,9,11,33H,7-8,10H2,1-4H3,(H,26,28)(H2,22,23,24). The molecule has 1 aliphatic heterocycles. The number of thiazole rings is 1. The SMILES string of the molecule is CPN(c1scnc1C(=O)OC(C)(C)C)S(=O)(=O)c1ccc(NC(=O)CNC2=NCCN2)c(F)c1. The maximum Gasteiger partial charge on any atom is 0.360 e. The molecule has 0 spiro atoms. The van der Waals surface area contributed by atoms with Crippen LogP contribution in [0.25, 0.3) is 0 Å². The van der Waals surface area contributed by atoms with Crippen molar-refractivity contribution in [3.05, 3.63) is 35.2 Å². The number of nitrogens with one attached hydrogen (secondary N) is 3. The number of halogens is 1. The Morgan fingerprint density at radius 1 is 1.34 bits per heavy atom. The summed E-state index contributed by atoms with van der Waals surface area (Å²) in [6, 6.07) is 3.18. The van der Waals surface area contributed by atoms with Crippen molar-refractivity contribution in [2.24, 2.45) is 4.99 Å². The summed E-state index contributed by atoms with van der Waals surface area (Å²) in [7, 11) is -4.56. The molecule has 0 saturated heterocycles. The van der Waals surface area contributed by atoms with Crippen molar-refractivity contribution < 1.29 is 27.1 Å². The molecule has 11 nitrogen and oxygen atoms in total. The fraction of sp³-hybridized carbons (Fsp3) is 0.400. The number of esters is 1. The number of carbonyl (C=O) groups is 2. The third-order valence-corrected chi connectivity index (χ3v) is 8.87. The molecular weight excluding hydrogens is 518 g/mol. The first-order valence-electron chi connectivity index (χ1n) is 10.4. The van der Waals surface area contributed by atoms with E-state index in [1.54, 1.807) is 27.4 Å². The van der Waals surface area contributed by atoms with Crippen molar-refractivity contribution >= 4 is 58.6 Å². The van der Waals surface area contributed by atoms with E-state index in [2.05, 4.69) is 25.9 Å². The van der Waals surface area contributed by atoms with E-state index < -0.39 is 33.3 Å². The second-order valence-corrected chi connectivity index (χ2v) is 12.0. The highest BCUT2D eigenvalue weighted by atomic mass is 32.2. The molecule has 0 saturated carbocycles. The van der Waals surface area contributed by atoms with Gasteiger partial charge >= 0.3 is 5.97 Å². The van der Waals surface area contributed by atoms with E-state index in [1.807, 2.05) is 0 Å². The maximum atomic E-state index is 14.7. The van der Waals surface area contributed by atoms with Crippen molar-refractivity contribution in [3.8, 4) is 0 Å². The lowest BCUT2D eigenvalue weighted by atomic mass is 10.2. The number of carbonyl (C=O) groups excluding carboxylic acids is 2. The van der Waals surface area contributed by atoms with Crippen LogP contribution in [0.2, 0.25) is 0 Å². The zero-order valence-corrected chi connectivity index (χ0v) is 22.1. The Bertz CT molecular complexity index is 1240. The van der Waals surface area contributed by atoms with Crippen LogP contribution in [0.4, 0.5) is 15.1 Å². The summed E-state index contributed by atoms with van der Waals surface area (Å²) in [6.07, 6.45) is 0. The number of guanidine groups is 1. The molecule has 1 aromatic heterocycles. The van der Waals surface area contributed by atoms with Gasteiger partial charge < -0.3 is 20.7 Å². The molecule has 35 heavy (non-hydrogen) atoms. The number of rotatable bonds is 8. The molecule has 1 atom stereocenters. The minimum atomic E-state index is -4.24.